The molecule has 1 aliphatic carbocycles. The minimum atomic E-state index is -0.362. The van der Waals surface area contributed by atoms with E-state index in [0.717, 1.165) is 24.1 Å². The van der Waals surface area contributed by atoms with Crippen LogP contribution >= 0.6 is 15.9 Å². The number of rotatable bonds is 2. The van der Waals surface area contributed by atoms with Crippen molar-refractivity contribution in [1.82, 2.24) is 4.98 Å². The van der Waals surface area contributed by atoms with Gasteiger partial charge in [-0.1, -0.05) is 13.8 Å². The third-order valence-corrected chi connectivity index (χ3v) is 3.87. The van der Waals surface area contributed by atoms with E-state index in [1.165, 1.54) is 5.56 Å². The van der Waals surface area contributed by atoms with Crippen molar-refractivity contribution in [2.45, 2.75) is 45.4 Å². The number of aromatic nitrogens is 1. The van der Waals surface area contributed by atoms with E-state index in [4.69, 9.17) is 0 Å². The minimum Gasteiger partial charge on any atom is -0.223 e. The summed E-state index contributed by atoms with van der Waals surface area (Å²) >= 11 is 3.26. The van der Waals surface area contributed by atoms with Crippen LogP contribution in [0.25, 0.3) is 0 Å². The highest BCUT2D eigenvalue weighted by atomic mass is 79.9. The molecule has 1 aromatic heterocycles. The van der Waals surface area contributed by atoms with E-state index in [1.807, 2.05) is 6.92 Å². The Balaban J connectivity index is 2.61. The van der Waals surface area contributed by atoms with E-state index in [9.17, 15) is 4.39 Å². The molecule has 0 spiro atoms. The lowest BCUT2D eigenvalue weighted by Gasteiger charge is -2.16. The van der Waals surface area contributed by atoms with Crippen LogP contribution < -0.4 is 0 Å². The van der Waals surface area contributed by atoms with Gasteiger partial charge in [0.25, 0.3) is 0 Å². The predicted molar refractivity (Wildman–Crippen MR) is 62.7 cm³/mol. The van der Waals surface area contributed by atoms with Crippen molar-refractivity contribution in [3.05, 3.63) is 27.2 Å². The average Bonchev–Trinajstić information content (AvgIpc) is 2.95. The Kier molecular flexibility index (Phi) is 2.84. The van der Waals surface area contributed by atoms with E-state index in [1.54, 1.807) is 0 Å². The van der Waals surface area contributed by atoms with Crippen LogP contribution in [0.1, 0.15) is 55.3 Å². The summed E-state index contributed by atoms with van der Waals surface area (Å²) < 4.78 is 14.0. The van der Waals surface area contributed by atoms with Gasteiger partial charge in [0.05, 0.1) is 10.2 Å². The largest absolute Gasteiger partial charge is 0.227 e. The molecule has 3 heteroatoms. The molecule has 1 nitrogen and oxygen atoms in total. The Labute approximate surface area is 98.2 Å². The fourth-order valence-corrected chi connectivity index (χ4v) is 2.38. The fraction of sp³-hybridized carbons (Fsp3) is 0.583. The van der Waals surface area contributed by atoms with Gasteiger partial charge in [0.2, 0.25) is 5.95 Å². The Bertz CT molecular complexity index is 397. The van der Waals surface area contributed by atoms with Crippen LogP contribution in [-0.4, -0.2) is 4.98 Å². The van der Waals surface area contributed by atoms with Crippen LogP contribution in [0.15, 0.2) is 4.47 Å². The Morgan fingerprint density at radius 2 is 2.00 bits per heavy atom. The van der Waals surface area contributed by atoms with Gasteiger partial charge in [-0.25, -0.2) is 4.98 Å². The van der Waals surface area contributed by atoms with Crippen LogP contribution in [0.3, 0.4) is 0 Å². The SMILES string of the molecule is Cc1c(Br)c(F)nc(C2CC2)c1C(C)C. The molecule has 0 N–H and O–H groups in total. The second kappa shape index (κ2) is 3.85. The van der Waals surface area contributed by atoms with Crippen LogP contribution in [0.2, 0.25) is 0 Å². The van der Waals surface area contributed by atoms with Gasteiger partial charge < -0.3 is 0 Å². The standard InChI is InChI=1S/C12H15BrFN/c1-6(2)9-7(3)10(13)12(14)15-11(9)8-4-5-8/h6,8H,4-5H2,1-3H3. The molecule has 0 unspecified atom stereocenters. The zero-order valence-electron chi connectivity index (χ0n) is 9.27. The number of halogens is 2. The van der Waals surface area contributed by atoms with Crippen LogP contribution in [0.4, 0.5) is 4.39 Å². The average molecular weight is 272 g/mol. The first kappa shape index (κ1) is 11.1. The van der Waals surface area contributed by atoms with Crippen LogP contribution in [-0.2, 0) is 0 Å². The molecule has 0 saturated heterocycles. The number of nitrogens with zero attached hydrogens (tertiary/aromatic N) is 1. The smallest absolute Gasteiger partial charge is 0.223 e. The summed E-state index contributed by atoms with van der Waals surface area (Å²) in [5.41, 5.74) is 3.23. The summed E-state index contributed by atoms with van der Waals surface area (Å²) in [5.74, 6) is 0.549. The van der Waals surface area contributed by atoms with Crippen molar-refractivity contribution in [3.63, 3.8) is 0 Å². The van der Waals surface area contributed by atoms with Crippen molar-refractivity contribution < 1.29 is 4.39 Å². The monoisotopic (exact) mass is 271 g/mol. The molecular formula is C12H15BrFN. The van der Waals surface area contributed by atoms with Gasteiger partial charge in [0.15, 0.2) is 0 Å². The van der Waals surface area contributed by atoms with Gasteiger partial charge in [0, 0.05) is 5.92 Å². The Morgan fingerprint density at radius 1 is 1.40 bits per heavy atom. The summed E-state index contributed by atoms with van der Waals surface area (Å²) in [6, 6.07) is 0. The zero-order valence-corrected chi connectivity index (χ0v) is 10.9. The van der Waals surface area contributed by atoms with E-state index in [-0.39, 0.29) is 5.95 Å². The Morgan fingerprint density at radius 3 is 2.47 bits per heavy atom. The lowest BCUT2D eigenvalue weighted by Crippen LogP contribution is -2.05. The molecule has 1 aromatic rings. The van der Waals surface area contributed by atoms with Gasteiger partial charge in [-0.3, -0.25) is 0 Å². The first-order valence-electron chi connectivity index (χ1n) is 5.37. The summed E-state index contributed by atoms with van der Waals surface area (Å²) in [7, 11) is 0. The predicted octanol–water partition coefficient (Wildman–Crippen LogP) is 4.29. The van der Waals surface area contributed by atoms with E-state index in [2.05, 4.69) is 34.8 Å². The van der Waals surface area contributed by atoms with Gasteiger partial charge in [-0.2, -0.15) is 4.39 Å². The molecule has 15 heavy (non-hydrogen) atoms. The highest BCUT2D eigenvalue weighted by Crippen LogP contribution is 2.44. The summed E-state index contributed by atoms with van der Waals surface area (Å²) in [6.07, 6.45) is 2.32. The second-order valence-corrected chi connectivity index (χ2v) is 5.36. The highest BCUT2D eigenvalue weighted by molar-refractivity contribution is 9.10. The molecule has 0 aromatic carbocycles. The van der Waals surface area contributed by atoms with Gasteiger partial charge in [-0.15, -0.1) is 0 Å². The molecule has 2 rings (SSSR count). The maximum absolute atomic E-state index is 13.5. The van der Waals surface area contributed by atoms with Crippen molar-refractivity contribution >= 4 is 15.9 Å². The van der Waals surface area contributed by atoms with Gasteiger partial charge >= 0.3 is 0 Å². The molecule has 1 heterocycles. The van der Waals surface area contributed by atoms with Crippen molar-refractivity contribution in [3.8, 4) is 0 Å². The molecule has 0 bridgehead atoms. The molecule has 0 atom stereocenters. The maximum Gasteiger partial charge on any atom is 0.227 e. The molecule has 82 valence electrons. The lowest BCUT2D eigenvalue weighted by molar-refractivity contribution is 0.563. The van der Waals surface area contributed by atoms with Crippen molar-refractivity contribution in [1.29, 1.82) is 0 Å². The molecule has 0 amide bonds. The zero-order chi connectivity index (χ0) is 11.2. The van der Waals surface area contributed by atoms with E-state index >= 15 is 0 Å². The quantitative estimate of drug-likeness (QED) is 0.732. The summed E-state index contributed by atoms with van der Waals surface area (Å²) in [4.78, 5) is 4.10. The van der Waals surface area contributed by atoms with E-state index < -0.39 is 0 Å². The van der Waals surface area contributed by atoms with Crippen molar-refractivity contribution in [2.24, 2.45) is 0 Å². The number of hydrogen-bond donors (Lipinski definition) is 0. The highest BCUT2D eigenvalue weighted by Gasteiger charge is 2.30. The molecule has 1 aliphatic rings. The fourth-order valence-electron chi connectivity index (χ4n) is 2.08. The van der Waals surface area contributed by atoms with Crippen LogP contribution in [0, 0.1) is 12.9 Å². The minimum absolute atomic E-state index is 0.362. The maximum atomic E-state index is 13.5. The molecule has 0 radical (unpaired) electrons. The lowest BCUT2D eigenvalue weighted by atomic mass is 9.94. The third-order valence-electron chi connectivity index (χ3n) is 2.95. The molecule has 0 aliphatic heterocycles. The molecule has 1 saturated carbocycles. The normalized spacial score (nSPS) is 16.1. The first-order valence-corrected chi connectivity index (χ1v) is 6.17. The second-order valence-electron chi connectivity index (χ2n) is 4.57. The Hall–Kier alpha value is -0.440. The summed E-state index contributed by atoms with van der Waals surface area (Å²) in [5, 5.41) is 0. The topological polar surface area (TPSA) is 12.9 Å². The van der Waals surface area contributed by atoms with Gasteiger partial charge in [-0.05, 0) is 52.7 Å². The first-order chi connectivity index (χ1) is 7.02. The molecule has 1 fully saturated rings. The van der Waals surface area contributed by atoms with E-state index in [0.29, 0.717) is 16.3 Å². The number of pyridine rings is 1. The third kappa shape index (κ3) is 1.94. The van der Waals surface area contributed by atoms with Crippen LogP contribution in [0.5, 0.6) is 0 Å². The van der Waals surface area contributed by atoms with Gasteiger partial charge in [0.1, 0.15) is 0 Å². The van der Waals surface area contributed by atoms with Crippen molar-refractivity contribution in [2.75, 3.05) is 0 Å². The number of hydrogen-bond acceptors (Lipinski definition) is 1. The molecular weight excluding hydrogens is 257 g/mol. The summed E-state index contributed by atoms with van der Waals surface area (Å²) in [6.45, 7) is 6.25.